The normalized spacial score (nSPS) is 24.3. The summed E-state index contributed by atoms with van der Waals surface area (Å²) in [4.78, 5) is 11.0. The van der Waals surface area contributed by atoms with Gasteiger partial charge in [0.25, 0.3) is 0 Å². The third-order valence-corrected chi connectivity index (χ3v) is 3.01. The Morgan fingerprint density at radius 2 is 2.12 bits per heavy atom. The van der Waals surface area contributed by atoms with Crippen LogP contribution in [0.1, 0.15) is 18.0 Å². The van der Waals surface area contributed by atoms with Crippen LogP contribution in [0.3, 0.4) is 0 Å². The molecule has 0 bridgehead atoms. The highest BCUT2D eigenvalue weighted by atomic mass is 16.5. The predicted molar refractivity (Wildman–Crippen MR) is 59.5 cm³/mol. The molecule has 0 spiro atoms. The summed E-state index contributed by atoms with van der Waals surface area (Å²) in [5.41, 5.74) is 1.01. The summed E-state index contributed by atoms with van der Waals surface area (Å²) in [5, 5.41) is 12.3. The number of hydrogen-bond acceptors (Lipinski definition) is 3. The van der Waals surface area contributed by atoms with E-state index in [2.05, 4.69) is 5.32 Å². The van der Waals surface area contributed by atoms with E-state index in [0.29, 0.717) is 6.42 Å². The van der Waals surface area contributed by atoms with Crippen LogP contribution < -0.4 is 10.1 Å². The molecule has 0 unspecified atom stereocenters. The number of ether oxygens (including phenoxy) is 1. The second-order valence-corrected chi connectivity index (χ2v) is 3.94. The average molecular weight is 221 g/mol. The molecule has 0 saturated carbocycles. The number of methoxy groups -OCH3 is 1. The van der Waals surface area contributed by atoms with Crippen LogP contribution in [0.15, 0.2) is 24.3 Å². The monoisotopic (exact) mass is 221 g/mol. The van der Waals surface area contributed by atoms with Crippen LogP contribution in [-0.2, 0) is 4.79 Å². The number of nitrogens with one attached hydrogen (secondary N) is 1. The molecule has 0 radical (unpaired) electrons. The van der Waals surface area contributed by atoms with Gasteiger partial charge < -0.3 is 15.2 Å². The van der Waals surface area contributed by atoms with Crippen molar-refractivity contribution in [2.24, 2.45) is 5.92 Å². The van der Waals surface area contributed by atoms with E-state index < -0.39 is 5.97 Å². The van der Waals surface area contributed by atoms with Gasteiger partial charge in [-0.05, 0) is 30.7 Å². The van der Waals surface area contributed by atoms with Gasteiger partial charge in [0.1, 0.15) is 5.75 Å². The lowest BCUT2D eigenvalue weighted by Crippen LogP contribution is -2.23. The molecule has 2 N–H and O–H groups in total. The van der Waals surface area contributed by atoms with Crippen molar-refractivity contribution in [2.75, 3.05) is 13.7 Å². The quantitative estimate of drug-likeness (QED) is 0.810. The standard InChI is InChI=1S/C12H15NO3/c1-16-9-4-2-8(3-5-9)11-10(12(14)15)6-7-13-11/h2-5,10-11,13H,6-7H2,1H3,(H,14,15)/t10-,11-/m0/s1. The highest BCUT2D eigenvalue weighted by molar-refractivity contribution is 5.71. The number of hydrogen-bond donors (Lipinski definition) is 2. The number of carboxylic acids is 1. The molecule has 86 valence electrons. The Morgan fingerprint density at radius 1 is 1.44 bits per heavy atom. The fraction of sp³-hybridized carbons (Fsp3) is 0.417. The minimum Gasteiger partial charge on any atom is -0.497 e. The molecule has 1 aromatic carbocycles. The largest absolute Gasteiger partial charge is 0.497 e. The molecule has 0 amide bonds. The zero-order valence-electron chi connectivity index (χ0n) is 9.14. The van der Waals surface area contributed by atoms with E-state index in [-0.39, 0.29) is 12.0 Å². The number of rotatable bonds is 3. The van der Waals surface area contributed by atoms with Gasteiger partial charge in [0.05, 0.1) is 13.0 Å². The van der Waals surface area contributed by atoms with Crippen LogP contribution in [0.2, 0.25) is 0 Å². The maximum Gasteiger partial charge on any atom is 0.308 e. The molecule has 1 aliphatic rings. The Labute approximate surface area is 94.2 Å². The van der Waals surface area contributed by atoms with E-state index >= 15 is 0 Å². The summed E-state index contributed by atoms with van der Waals surface area (Å²) < 4.78 is 5.07. The number of aliphatic carboxylic acids is 1. The second-order valence-electron chi connectivity index (χ2n) is 3.94. The van der Waals surface area contributed by atoms with Gasteiger partial charge in [-0.1, -0.05) is 12.1 Å². The molecular formula is C12H15NO3. The fourth-order valence-corrected chi connectivity index (χ4v) is 2.13. The molecule has 1 fully saturated rings. The highest BCUT2D eigenvalue weighted by Crippen LogP contribution is 2.30. The molecule has 4 nitrogen and oxygen atoms in total. The van der Waals surface area contributed by atoms with Crippen molar-refractivity contribution < 1.29 is 14.6 Å². The number of carboxylic acid groups (broad SMARTS) is 1. The van der Waals surface area contributed by atoms with Gasteiger partial charge in [0.15, 0.2) is 0 Å². The molecule has 2 rings (SSSR count). The van der Waals surface area contributed by atoms with Crippen molar-refractivity contribution in [1.82, 2.24) is 5.32 Å². The summed E-state index contributed by atoms with van der Waals surface area (Å²) >= 11 is 0. The maximum atomic E-state index is 11.0. The van der Waals surface area contributed by atoms with Gasteiger partial charge in [-0.3, -0.25) is 4.79 Å². The van der Waals surface area contributed by atoms with Gasteiger partial charge in [0.2, 0.25) is 0 Å². The lowest BCUT2D eigenvalue weighted by Gasteiger charge is -2.16. The van der Waals surface area contributed by atoms with Gasteiger partial charge in [-0.25, -0.2) is 0 Å². The molecule has 0 aliphatic carbocycles. The molecule has 2 atom stereocenters. The van der Waals surface area contributed by atoms with E-state index in [1.807, 2.05) is 24.3 Å². The number of benzene rings is 1. The van der Waals surface area contributed by atoms with E-state index in [1.165, 1.54) is 0 Å². The lowest BCUT2D eigenvalue weighted by atomic mass is 9.94. The van der Waals surface area contributed by atoms with E-state index in [4.69, 9.17) is 9.84 Å². The average Bonchev–Trinajstić information content (AvgIpc) is 2.78. The summed E-state index contributed by atoms with van der Waals surface area (Å²) in [5.74, 6) is -0.271. The molecular weight excluding hydrogens is 206 g/mol. The minimum absolute atomic E-state index is 0.0802. The second kappa shape index (κ2) is 4.53. The first-order valence-electron chi connectivity index (χ1n) is 5.32. The van der Waals surface area contributed by atoms with Gasteiger partial charge >= 0.3 is 5.97 Å². The summed E-state index contributed by atoms with van der Waals surface area (Å²) in [6.45, 7) is 0.758. The zero-order chi connectivity index (χ0) is 11.5. The van der Waals surface area contributed by atoms with E-state index in [9.17, 15) is 4.79 Å². The third kappa shape index (κ3) is 2.02. The third-order valence-electron chi connectivity index (χ3n) is 3.01. The van der Waals surface area contributed by atoms with Crippen molar-refractivity contribution in [3.63, 3.8) is 0 Å². The van der Waals surface area contributed by atoms with Gasteiger partial charge in [-0.2, -0.15) is 0 Å². The molecule has 0 aromatic heterocycles. The van der Waals surface area contributed by atoms with Crippen LogP contribution in [0.4, 0.5) is 0 Å². The molecule has 1 heterocycles. The smallest absolute Gasteiger partial charge is 0.308 e. The van der Waals surface area contributed by atoms with Crippen LogP contribution >= 0.6 is 0 Å². The molecule has 16 heavy (non-hydrogen) atoms. The van der Waals surface area contributed by atoms with Crippen molar-refractivity contribution >= 4 is 5.97 Å². The first-order valence-corrected chi connectivity index (χ1v) is 5.32. The van der Waals surface area contributed by atoms with Crippen LogP contribution in [0.5, 0.6) is 5.75 Å². The highest BCUT2D eigenvalue weighted by Gasteiger charge is 2.33. The van der Waals surface area contributed by atoms with Crippen molar-refractivity contribution in [3.05, 3.63) is 29.8 Å². The molecule has 1 saturated heterocycles. The Morgan fingerprint density at radius 3 is 2.69 bits per heavy atom. The van der Waals surface area contributed by atoms with Crippen molar-refractivity contribution in [1.29, 1.82) is 0 Å². The first-order chi connectivity index (χ1) is 7.72. The molecule has 1 aliphatic heterocycles. The fourth-order valence-electron chi connectivity index (χ4n) is 2.13. The topological polar surface area (TPSA) is 58.6 Å². The summed E-state index contributed by atoms with van der Waals surface area (Å²) in [6, 6.07) is 7.46. The van der Waals surface area contributed by atoms with Crippen LogP contribution in [0, 0.1) is 5.92 Å². The number of carbonyl (C=O) groups is 1. The van der Waals surface area contributed by atoms with Crippen molar-refractivity contribution in [2.45, 2.75) is 12.5 Å². The van der Waals surface area contributed by atoms with E-state index in [0.717, 1.165) is 17.9 Å². The van der Waals surface area contributed by atoms with Gasteiger partial charge in [-0.15, -0.1) is 0 Å². The van der Waals surface area contributed by atoms with Crippen LogP contribution in [0.25, 0.3) is 0 Å². The van der Waals surface area contributed by atoms with Gasteiger partial charge in [0, 0.05) is 6.04 Å². The SMILES string of the molecule is COc1ccc([C@@H]2NCC[C@@H]2C(=O)O)cc1. The summed E-state index contributed by atoms with van der Waals surface area (Å²) in [7, 11) is 1.61. The minimum atomic E-state index is -0.731. The van der Waals surface area contributed by atoms with Crippen molar-refractivity contribution in [3.8, 4) is 5.75 Å². The predicted octanol–water partition coefficient (Wildman–Crippen LogP) is 1.43. The van der Waals surface area contributed by atoms with Crippen LogP contribution in [-0.4, -0.2) is 24.7 Å². The maximum absolute atomic E-state index is 11.0. The molecule has 1 aromatic rings. The Hall–Kier alpha value is -1.55. The Kier molecular flexibility index (Phi) is 3.10. The lowest BCUT2D eigenvalue weighted by molar-refractivity contribution is -0.142. The Balaban J connectivity index is 2.19. The Bertz CT molecular complexity index is 374. The van der Waals surface area contributed by atoms with E-state index in [1.54, 1.807) is 7.11 Å². The zero-order valence-corrected chi connectivity index (χ0v) is 9.14. The first kappa shape index (κ1) is 11.0. The summed E-state index contributed by atoms with van der Waals surface area (Å²) in [6.07, 6.45) is 0.687. The molecule has 4 heteroatoms.